The Balaban J connectivity index is 3.01. The Morgan fingerprint density at radius 3 is 1.92 bits per heavy atom. The average molecular weight is 300 g/mol. The molecule has 0 fully saturated rings. The van der Waals surface area contributed by atoms with Gasteiger partial charge in [0.05, 0.1) is 3.23 Å². The van der Waals surface area contributed by atoms with E-state index in [0.29, 0.717) is 0 Å². The molecule has 0 aromatic carbocycles. The molecule has 0 atom stereocenters. The second kappa shape index (κ2) is 7.37. The summed E-state index contributed by atoms with van der Waals surface area (Å²) in [7, 11) is 0. The SMILES string of the molecule is CCCCCCCCC(C)(Br)Br. The number of rotatable bonds is 7. The molecule has 0 aliphatic heterocycles. The molecule has 0 unspecified atom stereocenters. The lowest BCUT2D eigenvalue weighted by Crippen LogP contribution is -2.02. The molecule has 0 radical (unpaired) electrons. The number of hydrogen-bond donors (Lipinski definition) is 0. The van der Waals surface area contributed by atoms with Crippen LogP contribution in [0.5, 0.6) is 0 Å². The molecule has 0 nitrogen and oxygen atoms in total. The molecule has 12 heavy (non-hydrogen) atoms. The molecule has 2 heteroatoms. The number of unbranched alkanes of at least 4 members (excludes halogenated alkanes) is 5. The minimum Gasteiger partial charge on any atom is -0.0730 e. The van der Waals surface area contributed by atoms with E-state index in [2.05, 4.69) is 45.7 Å². The zero-order valence-corrected chi connectivity index (χ0v) is 11.4. The minimum atomic E-state index is 0.171. The molecule has 0 saturated carbocycles. The van der Waals surface area contributed by atoms with Crippen molar-refractivity contribution < 1.29 is 0 Å². The van der Waals surface area contributed by atoms with Crippen molar-refractivity contribution in [2.24, 2.45) is 0 Å². The molecule has 0 aliphatic rings. The van der Waals surface area contributed by atoms with Gasteiger partial charge in [0.1, 0.15) is 0 Å². The van der Waals surface area contributed by atoms with E-state index in [1.807, 2.05) is 0 Å². The van der Waals surface area contributed by atoms with Gasteiger partial charge in [-0.3, -0.25) is 0 Å². The first-order chi connectivity index (χ1) is 5.56. The summed E-state index contributed by atoms with van der Waals surface area (Å²) in [4.78, 5) is 0. The number of hydrogen-bond acceptors (Lipinski definition) is 0. The Bertz CT molecular complexity index is 94.5. The van der Waals surface area contributed by atoms with Crippen molar-refractivity contribution in [3.05, 3.63) is 0 Å². The molecule has 0 spiro atoms. The summed E-state index contributed by atoms with van der Waals surface area (Å²) < 4.78 is 0.171. The van der Waals surface area contributed by atoms with E-state index in [1.54, 1.807) is 0 Å². The third-order valence-electron chi connectivity index (χ3n) is 1.97. The first-order valence-electron chi connectivity index (χ1n) is 4.94. The van der Waals surface area contributed by atoms with Crippen LogP contribution >= 0.6 is 31.9 Å². The monoisotopic (exact) mass is 298 g/mol. The molecule has 0 amide bonds. The van der Waals surface area contributed by atoms with Gasteiger partial charge < -0.3 is 0 Å². The van der Waals surface area contributed by atoms with Gasteiger partial charge in [0.15, 0.2) is 0 Å². The van der Waals surface area contributed by atoms with Crippen molar-refractivity contribution >= 4 is 31.9 Å². The molecule has 0 aromatic rings. The van der Waals surface area contributed by atoms with Crippen molar-refractivity contribution in [1.29, 1.82) is 0 Å². The molecule has 0 heterocycles. The zero-order chi connectivity index (χ0) is 9.45. The van der Waals surface area contributed by atoms with Crippen molar-refractivity contribution in [3.8, 4) is 0 Å². The highest BCUT2D eigenvalue weighted by molar-refractivity contribution is 9.25. The number of halogens is 2. The second-order valence-electron chi connectivity index (χ2n) is 3.59. The highest BCUT2D eigenvalue weighted by Crippen LogP contribution is 2.31. The molecular formula is C10H20Br2. The maximum absolute atomic E-state index is 3.58. The fourth-order valence-electron chi connectivity index (χ4n) is 1.22. The first kappa shape index (κ1) is 13.0. The van der Waals surface area contributed by atoms with Gasteiger partial charge in [0.25, 0.3) is 0 Å². The third-order valence-corrected chi connectivity index (χ3v) is 2.76. The maximum Gasteiger partial charge on any atom is 0.0777 e. The van der Waals surface area contributed by atoms with Crippen molar-refractivity contribution in [2.45, 2.75) is 62.0 Å². The van der Waals surface area contributed by atoms with E-state index in [0.717, 1.165) is 0 Å². The van der Waals surface area contributed by atoms with Gasteiger partial charge in [0, 0.05) is 0 Å². The summed E-state index contributed by atoms with van der Waals surface area (Å²) >= 11 is 7.16. The lowest BCUT2D eigenvalue weighted by molar-refractivity contribution is 0.584. The Labute approximate surface area is 93.8 Å². The fraction of sp³-hybridized carbons (Fsp3) is 1.00. The van der Waals surface area contributed by atoms with Crippen LogP contribution in [-0.4, -0.2) is 3.23 Å². The first-order valence-corrected chi connectivity index (χ1v) is 6.52. The topological polar surface area (TPSA) is 0 Å². The lowest BCUT2D eigenvalue weighted by Gasteiger charge is -2.12. The minimum absolute atomic E-state index is 0.171. The largest absolute Gasteiger partial charge is 0.0777 e. The van der Waals surface area contributed by atoms with Crippen LogP contribution in [0, 0.1) is 0 Å². The van der Waals surface area contributed by atoms with E-state index in [4.69, 9.17) is 0 Å². The van der Waals surface area contributed by atoms with Crippen LogP contribution in [0.25, 0.3) is 0 Å². The van der Waals surface area contributed by atoms with Crippen LogP contribution in [0.3, 0.4) is 0 Å². The highest BCUT2D eigenvalue weighted by atomic mass is 79.9. The Morgan fingerprint density at radius 1 is 0.917 bits per heavy atom. The normalized spacial score (nSPS) is 12.0. The summed E-state index contributed by atoms with van der Waals surface area (Å²) in [5.74, 6) is 0. The van der Waals surface area contributed by atoms with Gasteiger partial charge in [-0.25, -0.2) is 0 Å². The van der Waals surface area contributed by atoms with Crippen LogP contribution in [-0.2, 0) is 0 Å². The van der Waals surface area contributed by atoms with E-state index in [9.17, 15) is 0 Å². The van der Waals surface area contributed by atoms with E-state index in [-0.39, 0.29) is 3.23 Å². The van der Waals surface area contributed by atoms with Gasteiger partial charge in [-0.05, 0) is 13.3 Å². The van der Waals surface area contributed by atoms with E-state index < -0.39 is 0 Å². The van der Waals surface area contributed by atoms with Gasteiger partial charge in [-0.2, -0.15) is 0 Å². The van der Waals surface area contributed by atoms with Crippen LogP contribution in [0.15, 0.2) is 0 Å². The Hall–Kier alpha value is 0.960. The van der Waals surface area contributed by atoms with Crippen LogP contribution < -0.4 is 0 Å². The molecule has 74 valence electrons. The second-order valence-corrected chi connectivity index (χ2v) is 8.15. The Kier molecular flexibility index (Phi) is 7.96. The van der Waals surface area contributed by atoms with Crippen LogP contribution in [0.4, 0.5) is 0 Å². The average Bonchev–Trinajstić information content (AvgIpc) is 1.94. The predicted octanol–water partition coefficient (Wildman–Crippen LogP) is 5.24. The summed E-state index contributed by atoms with van der Waals surface area (Å²) in [6.07, 6.45) is 9.50. The number of alkyl halides is 2. The van der Waals surface area contributed by atoms with E-state index >= 15 is 0 Å². The molecule has 0 rings (SSSR count). The van der Waals surface area contributed by atoms with Crippen molar-refractivity contribution in [1.82, 2.24) is 0 Å². The summed E-state index contributed by atoms with van der Waals surface area (Å²) in [5.41, 5.74) is 0. The van der Waals surface area contributed by atoms with Gasteiger partial charge in [-0.1, -0.05) is 77.3 Å². The molecule has 0 aromatic heterocycles. The van der Waals surface area contributed by atoms with Gasteiger partial charge in [-0.15, -0.1) is 0 Å². The van der Waals surface area contributed by atoms with Gasteiger partial charge >= 0.3 is 0 Å². The zero-order valence-electron chi connectivity index (χ0n) is 8.21. The van der Waals surface area contributed by atoms with Crippen molar-refractivity contribution in [3.63, 3.8) is 0 Å². The molecular weight excluding hydrogens is 280 g/mol. The third kappa shape index (κ3) is 11.0. The maximum atomic E-state index is 3.58. The van der Waals surface area contributed by atoms with Crippen LogP contribution in [0.2, 0.25) is 0 Å². The lowest BCUT2D eigenvalue weighted by atomic mass is 10.1. The molecule has 0 aliphatic carbocycles. The molecule has 0 bridgehead atoms. The predicted molar refractivity (Wildman–Crippen MR) is 64.3 cm³/mol. The standard InChI is InChI=1S/C10H20Br2/c1-3-4-5-6-7-8-9-10(2,11)12/h3-9H2,1-2H3. The summed E-state index contributed by atoms with van der Waals surface area (Å²) in [6.45, 7) is 4.42. The summed E-state index contributed by atoms with van der Waals surface area (Å²) in [5, 5.41) is 0. The Morgan fingerprint density at radius 2 is 1.42 bits per heavy atom. The van der Waals surface area contributed by atoms with E-state index in [1.165, 1.54) is 44.9 Å². The molecule has 0 N–H and O–H groups in total. The molecule has 0 saturated heterocycles. The van der Waals surface area contributed by atoms with Crippen molar-refractivity contribution in [2.75, 3.05) is 0 Å². The highest BCUT2D eigenvalue weighted by Gasteiger charge is 2.13. The summed E-state index contributed by atoms with van der Waals surface area (Å²) in [6, 6.07) is 0. The quantitative estimate of drug-likeness (QED) is 0.445. The smallest absolute Gasteiger partial charge is 0.0730 e. The fourth-order valence-corrected chi connectivity index (χ4v) is 1.78. The van der Waals surface area contributed by atoms with Crippen LogP contribution in [0.1, 0.15) is 58.8 Å². The van der Waals surface area contributed by atoms with Gasteiger partial charge in [0.2, 0.25) is 0 Å².